The van der Waals surface area contributed by atoms with E-state index in [1.807, 2.05) is 19.9 Å². The number of carbonyl (C=O) groups excluding carboxylic acids is 1. The molecule has 2 aliphatic heterocycles. The van der Waals surface area contributed by atoms with Gasteiger partial charge < -0.3 is 4.74 Å². The molecule has 1 spiro atoms. The molecule has 3 nitrogen and oxygen atoms in total. The van der Waals surface area contributed by atoms with E-state index in [1.54, 1.807) is 11.1 Å². The second-order valence-electron chi connectivity index (χ2n) is 12.9. The van der Waals surface area contributed by atoms with Crippen LogP contribution in [0.4, 0.5) is 0 Å². The summed E-state index contributed by atoms with van der Waals surface area (Å²) in [4.78, 5) is 14.9. The Kier molecular flexibility index (Phi) is 7.16. The quantitative estimate of drug-likeness (QED) is 0.382. The Morgan fingerprint density at radius 2 is 1.94 bits per heavy atom. The van der Waals surface area contributed by atoms with Crippen molar-refractivity contribution in [3.05, 3.63) is 22.8 Å². The lowest BCUT2D eigenvalue weighted by atomic mass is 9.56. The summed E-state index contributed by atoms with van der Waals surface area (Å²) in [5, 5.41) is 0. The lowest BCUT2D eigenvalue weighted by molar-refractivity contribution is -0.116. The van der Waals surface area contributed by atoms with Crippen LogP contribution in [0, 0.1) is 29.1 Å². The molecule has 35 heavy (non-hydrogen) atoms. The van der Waals surface area contributed by atoms with E-state index in [-0.39, 0.29) is 11.0 Å². The minimum Gasteiger partial charge on any atom is -0.369 e. The zero-order valence-corrected chi connectivity index (χ0v) is 23.5. The van der Waals surface area contributed by atoms with Gasteiger partial charge in [0.1, 0.15) is 0 Å². The number of allylic oxidation sites excluding steroid dienone is 3. The summed E-state index contributed by atoms with van der Waals surface area (Å²) in [6.45, 7) is 16.3. The molecule has 0 aromatic rings. The van der Waals surface area contributed by atoms with Gasteiger partial charge in [0.15, 0.2) is 5.78 Å². The van der Waals surface area contributed by atoms with E-state index in [4.69, 9.17) is 4.74 Å². The van der Waals surface area contributed by atoms with Gasteiger partial charge in [-0.1, -0.05) is 51.3 Å². The molecule has 2 saturated heterocycles. The third-order valence-electron chi connectivity index (χ3n) is 11.4. The van der Waals surface area contributed by atoms with Gasteiger partial charge in [-0.25, -0.2) is 0 Å². The molecule has 4 aliphatic carbocycles. The fraction of sp³-hybridized carbons (Fsp3) is 0.844. The molecule has 3 heteroatoms. The number of ether oxygens (including phenoxy) is 1. The highest BCUT2D eigenvalue weighted by molar-refractivity contribution is 5.91. The average Bonchev–Trinajstić information content (AvgIpc) is 3.32. The summed E-state index contributed by atoms with van der Waals surface area (Å²) in [6.07, 6.45) is 15.6. The van der Waals surface area contributed by atoms with Gasteiger partial charge in [0.05, 0.1) is 11.7 Å². The van der Waals surface area contributed by atoms with E-state index in [2.05, 4.69) is 32.6 Å². The van der Waals surface area contributed by atoms with Gasteiger partial charge in [0, 0.05) is 18.4 Å². The van der Waals surface area contributed by atoms with Gasteiger partial charge in [-0.2, -0.15) is 0 Å². The Hall–Kier alpha value is -0.930. The molecule has 0 aromatic heterocycles. The summed E-state index contributed by atoms with van der Waals surface area (Å²) < 4.78 is 7.13. The van der Waals surface area contributed by atoms with Crippen molar-refractivity contribution in [3.63, 3.8) is 0 Å². The molecule has 196 valence electrons. The smallest absolute Gasteiger partial charge is 0.155 e. The van der Waals surface area contributed by atoms with Crippen molar-refractivity contribution >= 4 is 5.78 Å². The Morgan fingerprint density at radius 1 is 1.14 bits per heavy atom. The van der Waals surface area contributed by atoms with Crippen LogP contribution >= 0.6 is 0 Å². The first-order valence-corrected chi connectivity index (χ1v) is 15.2. The molecule has 8 atom stereocenters. The van der Waals surface area contributed by atoms with Crippen LogP contribution in [0.5, 0.6) is 0 Å². The largest absolute Gasteiger partial charge is 0.369 e. The summed E-state index contributed by atoms with van der Waals surface area (Å²) >= 11 is 0. The highest BCUT2D eigenvalue weighted by Crippen LogP contribution is 2.64. The van der Waals surface area contributed by atoms with E-state index >= 15 is 0 Å². The highest BCUT2D eigenvalue weighted by atomic mass is 16.5. The van der Waals surface area contributed by atoms with Gasteiger partial charge in [0.25, 0.3) is 0 Å². The van der Waals surface area contributed by atoms with Gasteiger partial charge >= 0.3 is 0 Å². The topological polar surface area (TPSA) is 29.5 Å². The third kappa shape index (κ3) is 4.02. The molecule has 0 N–H and O–H groups in total. The van der Waals surface area contributed by atoms with Gasteiger partial charge in [-0.05, 0) is 113 Å². The number of ketones is 1. The normalized spacial score (nSPS) is 45.1. The molecule has 2 saturated carbocycles. The molecular formula is C32H51NO2. The van der Waals surface area contributed by atoms with E-state index < -0.39 is 0 Å². The molecule has 6 rings (SSSR count). The summed E-state index contributed by atoms with van der Waals surface area (Å²) in [5.74, 6) is 3.32. The number of piperidine rings is 1. The van der Waals surface area contributed by atoms with Crippen molar-refractivity contribution in [2.75, 3.05) is 13.1 Å². The first kappa shape index (κ1) is 25.7. The van der Waals surface area contributed by atoms with Crippen LogP contribution in [0.25, 0.3) is 0 Å². The lowest BCUT2D eigenvalue weighted by Gasteiger charge is -2.48. The molecule has 4 fully saturated rings. The van der Waals surface area contributed by atoms with Crippen molar-refractivity contribution in [3.8, 4) is 0 Å². The maximum absolute atomic E-state index is 12.1. The van der Waals surface area contributed by atoms with Crippen LogP contribution < -0.4 is 0 Å². The first-order valence-electron chi connectivity index (χ1n) is 15.2. The predicted octanol–water partition coefficient (Wildman–Crippen LogP) is 7.50. The lowest BCUT2D eigenvalue weighted by Crippen LogP contribution is -2.49. The zero-order chi connectivity index (χ0) is 25.0. The van der Waals surface area contributed by atoms with Crippen LogP contribution in [0.2, 0.25) is 0 Å². The molecule has 2 heterocycles. The molecular weight excluding hydrogens is 430 g/mol. The van der Waals surface area contributed by atoms with Crippen molar-refractivity contribution in [1.29, 1.82) is 0 Å². The number of rotatable bonds is 2. The number of hydrogen-bond acceptors (Lipinski definition) is 3. The van der Waals surface area contributed by atoms with Gasteiger partial charge in [0.2, 0.25) is 0 Å². The van der Waals surface area contributed by atoms with E-state index in [9.17, 15) is 4.79 Å². The van der Waals surface area contributed by atoms with Crippen LogP contribution in [0.15, 0.2) is 22.8 Å². The average molecular weight is 482 g/mol. The molecule has 2 unspecified atom stereocenters. The van der Waals surface area contributed by atoms with Crippen LogP contribution in [-0.2, 0) is 9.53 Å². The summed E-state index contributed by atoms with van der Waals surface area (Å²) in [6, 6.07) is 0.628. The van der Waals surface area contributed by atoms with E-state index in [0.717, 1.165) is 43.4 Å². The van der Waals surface area contributed by atoms with Gasteiger partial charge in [-0.3, -0.25) is 9.69 Å². The van der Waals surface area contributed by atoms with Crippen molar-refractivity contribution in [2.45, 2.75) is 130 Å². The highest BCUT2D eigenvalue weighted by Gasteiger charge is 2.58. The molecule has 0 amide bonds. The predicted molar refractivity (Wildman–Crippen MR) is 144 cm³/mol. The molecule has 6 aliphatic rings. The summed E-state index contributed by atoms with van der Waals surface area (Å²) in [5.41, 5.74) is 5.28. The number of nitrogens with zero attached hydrogens (tertiary/aromatic N) is 1. The minimum absolute atomic E-state index is 0.0590. The number of likely N-dealkylation sites (tertiary alicyclic amines) is 1. The molecule has 0 bridgehead atoms. The van der Waals surface area contributed by atoms with E-state index in [1.165, 1.54) is 63.6 Å². The maximum Gasteiger partial charge on any atom is 0.155 e. The fourth-order valence-corrected chi connectivity index (χ4v) is 9.76. The number of hydrogen-bond donors (Lipinski definition) is 0. The number of carbonyl (C=O) groups is 1. The Bertz CT molecular complexity index is 886. The summed E-state index contributed by atoms with van der Waals surface area (Å²) in [7, 11) is 0. The molecule has 0 radical (unpaired) electrons. The zero-order valence-electron chi connectivity index (χ0n) is 23.5. The third-order valence-corrected chi connectivity index (χ3v) is 11.4. The maximum atomic E-state index is 12.1. The van der Waals surface area contributed by atoms with E-state index in [0.29, 0.717) is 23.8 Å². The first-order chi connectivity index (χ1) is 16.9. The second kappa shape index (κ2) is 9.75. The Labute approximate surface area is 215 Å². The van der Waals surface area contributed by atoms with Gasteiger partial charge in [-0.15, -0.1) is 0 Å². The van der Waals surface area contributed by atoms with Crippen molar-refractivity contribution in [1.82, 2.24) is 4.90 Å². The SMILES string of the molecule is CC.CCCN1CCC[C@H]2OC3(CC[C@@H]4C(=C(C)C3)C[C@H]3C4CCC4=CC(=O)CC[C@@]43C)[C@H](C)[C@@H]21. The Balaban J connectivity index is 0.00000124. The monoisotopic (exact) mass is 481 g/mol. The fourth-order valence-electron chi connectivity index (χ4n) is 9.76. The van der Waals surface area contributed by atoms with Crippen molar-refractivity contribution < 1.29 is 9.53 Å². The molecule has 0 aromatic carbocycles. The van der Waals surface area contributed by atoms with Crippen LogP contribution in [0.1, 0.15) is 112 Å². The van der Waals surface area contributed by atoms with Crippen molar-refractivity contribution in [2.24, 2.45) is 29.1 Å². The van der Waals surface area contributed by atoms with Crippen LogP contribution in [-0.4, -0.2) is 41.5 Å². The standard InChI is InChI=1S/C30H45NO2.C2H6/c1-5-14-31-15-6-7-27-28(31)20(3)30(33-27)13-11-23-24-9-8-21-16-22(32)10-12-29(21,4)26(24)17-25(23)19(2)18-30;1-2/h16,20,23-24,26-28H,5-15,17-18H2,1-4H3;1-2H3/t20-,23+,24?,26+,27-,28+,29+,30?;/m1./s1. The number of fused-ring (bicyclic) bond motifs is 6. The second-order valence-corrected chi connectivity index (χ2v) is 12.9. The van der Waals surface area contributed by atoms with Crippen LogP contribution in [0.3, 0.4) is 0 Å². The minimum atomic E-state index is 0.0590. The Morgan fingerprint density at radius 3 is 2.71 bits per heavy atom.